The Morgan fingerprint density at radius 1 is 1.61 bits per heavy atom. The van der Waals surface area contributed by atoms with Gasteiger partial charge in [-0.05, 0) is 45.6 Å². The minimum Gasteiger partial charge on any atom is -0.469 e. The van der Waals surface area contributed by atoms with E-state index in [-0.39, 0.29) is 18.1 Å². The van der Waals surface area contributed by atoms with Crippen LogP contribution in [0.25, 0.3) is 0 Å². The minimum atomic E-state index is -0.366. The third-order valence-electron chi connectivity index (χ3n) is 3.48. The number of aryl methyl sites for hydroxylation is 1. The topological polar surface area (TPSA) is 53.7 Å². The van der Waals surface area contributed by atoms with E-state index in [0.717, 1.165) is 31.6 Å². The largest absolute Gasteiger partial charge is 0.469 e. The first-order valence-corrected chi connectivity index (χ1v) is 6.62. The van der Waals surface area contributed by atoms with Gasteiger partial charge in [0.25, 0.3) is 5.91 Å². The molecule has 2 atom stereocenters. The molecular formula is C14H21NO3. The van der Waals surface area contributed by atoms with E-state index in [1.165, 1.54) is 6.26 Å². The van der Waals surface area contributed by atoms with Crippen LogP contribution in [0.4, 0.5) is 0 Å². The molecule has 1 N–H and O–H groups in total. The summed E-state index contributed by atoms with van der Waals surface area (Å²) in [6.07, 6.45) is 4.96. The summed E-state index contributed by atoms with van der Waals surface area (Å²) < 4.78 is 5.20. The molecule has 1 saturated heterocycles. The van der Waals surface area contributed by atoms with Gasteiger partial charge in [-0.15, -0.1) is 0 Å². The number of furan rings is 1. The van der Waals surface area contributed by atoms with Crippen molar-refractivity contribution in [2.24, 2.45) is 0 Å². The quantitative estimate of drug-likeness (QED) is 0.897. The maximum absolute atomic E-state index is 12.4. The van der Waals surface area contributed by atoms with Crippen LogP contribution in [-0.4, -0.2) is 34.6 Å². The van der Waals surface area contributed by atoms with Crippen molar-refractivity contribution >= 4 is 5.91 Å². The predicted octanol–water partition coefficient (Wildman–Crippen LogP) is 2.35. The van der Waals surface area contributed by atoms with E-state index in [4.69, 9.17) is 4.42 Å². The Bertz CT molecular complexity index is 411. The van der Waals surface area contributed by atoms with Crippen LogP contribution in [0.1, 0.15) is 48.7 Å². The van der Waals surface area contributed by atoms with Crippen molar-refractivity contribution in [3.8, 4) is 0 Å². The Labute approximate surface area is 108 Å². The number of amides is 1. The van der Waals surface area contributed by atoms with E-state index in [2.05, 4.69) is 0 Å². The number of aliphatic hydroxyl groups excluding tert-OH is 1. The summed E-state index contributed by atoms with van der Waals surface area (Å²) in [5, 5.41) is 9.52. The standard InChI is InChI=1S/C14H21NO3/c1-10(16)7-13-5-3-4-6-15(13)14(17)12-8-11(2)18-9-12/h8-10,13,16H,3-7H2,1-2H3. The van der Waals surface area contributed by atoms with E-state index in [1.54, 1.807) is 13.0 Å². The molecule has 0 spiro atoms. The van der Waals surface area contributed by atoms with Gasteiger partial charge in [-0.3, -0.25) is 4.79 Å². The van der Waals surface area contributed by atoms with Gasteiger partial charge in [0.15, 0.2) is 0 Å². The molecule has 0 aliphatic carbocycles. The lowest BCUT2D eigenvalue weighted by molar-refractivity contribution is 0.0514. The number of likely N-dealkylation sites (tertiary alicyclic amines) is 1. The molecule has 0 saturated carbocycles. The highest BCUT2D eigenvalue weighted by atomic mass is 16.3. The first kappa shape index (κ1) is 13.1. The zero-order valence-electron chi connectivity index (χ0n) is 11.1. The molecule has 1 aliphatic rings. The Morgan fingerprint density at radius 2 is 2.39 bits per heavy atom. The number of carbonyl (C=O) groups excluding carboxylic acids is 1. The summed E-state index contributed by atoms with van der Waals surface area (Å²) >= 11 is 0. The van der Waals surface area contributed by atoms with Gasteiger partial charge in [0.05, 0.1) is 11.7 Å². The van der Waals surface area contributed by atoms with Crippen molar-refractivity contribution in [2.45, 2.75) is 51.7 Å². The number of hydrogen-bond acceptors (Lipinski definition) is 3. The normalized spacial score (nSPS) is 21.9. The highest BCUT2D eigenvalue weighted by Crippen LogP contribution is 2.23. The summed E-state index contributed by atoms with van der Waals surface area (Å²) in [6, 6.07) is 1.93. The Morgan fingerprint density at radius 3 is 3.00 bits per heavy atom. The Balaban J connectivity index is 2.10. The first-order chi connectivity index (χ1) is 8.58. The van der Waals surface area contributed by atoms with Crippen molar-refractivity contribution in [3.63, 3.8) is 0 Å². The zero-order chi connectivity index (χ0) is 13.1. The zero-order valence-corrected chi connectivity index (χ0v) is 11.1. The fourth-order valence-electron chi connectivity index (χ4n) is 2.63. The van der Waals surface area contributed by atoms with Crippen molar-refractivity contribution < 1.29 is 14.3 Å². The average Bonchev–Trinajstić information content (AvgIpc) is 2.75. The van der Waals surface area contributed by atoms with Gasteiger partial charge in [-0.2, -0.15) is 0 Å². The number of rotatable bonds is 3. The van der Waals surface area contributed by atoms with Gasteiger partial charge in [0, 0.05) is 12.6 Å². The number of aliphatic hydroxyl groups is 1. The highest BCUT2D eigenvalue weighted by molar-refractivity contribution is 5.94. The summed E-state index contributed by atoms with van der Waals surface area (Å²) in [4.78, 5) is 14.3. The second-order valence-corrected chi connectivity index (χ2v) is 5.18. The molecule has 4 nitrogen and oxygen atoms in total. The van der Waals surface area contributed by atoms with Crippen molar-refractivity contribution in [1.29, 1.82) is 0 Å². The molecule has 4 heteroatoms. The number of hydrogen-bond donors (Lipinski definition) is 1. The molecule has 0 bridgehead atoms. The molecule has 1 aliphatic heterocycles. The average molecular weight is 251 g/mol. The molecule has 1 aromatic heterocycles. The maximum Gasteiger partial charge on any atom is 0.257 e. The molecule has 0 aromatic carbocycles. The SMILES string of the molecule is Cc1cc(C(=O)N2CCCCC2CC(C)O)co1. The highest BCUT2D eigenvalue weighted by Gasteiger charge is 2.28. The third kappa shape index (κ3) is 2.93. The monoisotopic (exact) mass is 251 g/mol. The Hall–Kier alpha value is -1.29. The predicted molar refractivity (Wildman–Crippen MR) is 68.4 cm³/mol. The van der Waals surface area contributed by atoms with Crippen LogP contribution in [-0.2, 0) is 0 Å². The number of nitrogens with zero attached hydrogens (tertiary/aromatic N) is 1. The fourth-order valence-corrected chi connectivity index (χ4v) is 2.63. The van der Waals surface area contributed by atoms with Crippen LogP contribution >= 0.6 is 0 Å². The first-order valence-electron chi connectivity index (χ1n) is 6.62. The Kier molecular flexibility index (Phi) is 4.07. The molecule has 0 radical (unpaired) electrons. The van der Waals surface area contributed by atoms with E-state index in [0.29, 0.717) is 12.0 Å². The van der Waals surface area contributed by atoms with Crippen LogP contribution in [0.15, 0.2) is 16.7 Å². The fraction of sp³-hybridized carbons (Fsp3) is 0.643. The lowest BCUT2D eigenvalue weighted by Crippen LogP contribution is -2.44. The molecular weight excluding hydrogens is 230 g/mol. The van der Waals surface area contributed by atoms with Gasteiger partial charge in [0.1, 0.15) is 12.0 Å². The second-order valence-electron chi connectivity index (χ2n) is 5.18. The van der Waals surface area contributed by atoms with Crippen LogP contribution in [0.3, 0.4) is 0 Å². The summed E-state index contributed by atoms with van der Waals surface area (Å²) in [5.74, 6) is 0.777. The molecule has 2 rings (SSSR count). The van der Waals surface area contributed by atoms with E-state index in [1.807, 2.05) is 11.8 Å². The summed E-state index contributed by atoms with van der Waals surface area (Å²) in [7, 11) is 0. The molecule has 2 heterocycles. The van der Waals surface area contributed by atoms with E-state index < -0.39 is 0 Å². The molecule has 1 fully saturated rings. The molecule has 18 heavy (non-hydrogen) atoms. The van der Waals surface area contributed by atoms with Gasteiger partial charge in [-0.25, -0.2) is 0 Å². The molecule has 100 valence electrons. The van der Waals surface area contributed by atoms with Crippen molar-refractivity contribution in [2.75, 3.05) is 6.54 Å². The van der Waals surface area contributed by atoms with E-state index >= 15 is 0 Å². The third-order valence-corrected chi connectivity index (χ3v) is 3.48. The van der Waals surface area contributed by atoms with Gasteiger partial charge >= 0.3 is 0 Å². The second kappa shape index (κ2) is 5.57. The van der Waals surface area contributed by atoms with Crippen molar-refractivity contribution in [1.82, 2.24) is 4.90 Å². The van der Waals surface area contributed by atoms with Crippen LogP contribution in [0.2, 0.25) is 0 Å². The van der Waals surface area contributed by atoms with Gasteiger partial charge in [-0.1, -0.05) is 0 Å². The van der Waals surface area contributed by atoms with Gasteiger partial charge < -0.3 is 14.4 Å². The lowest BCUT2D eigenvalue weighted by atomic mass is 9.96. The number of carbonyl (C=O) groups is 1. The number of piperidine rings is 1. The molecule has 1 aromatic rings. The smallest absolute Gasteiger partial charge is 0.257 e. The lowest BCUT2D eigenvalue weighted by Gasteiger charge is -2.36. The van der Waals surface area contributed by atoms with Crippen LogP contribution in [0, 0.1) is 6.92 Å². The summed E-state index contributed by atoms with van der Waals surface area (Å²) in [6.45, 7) is 4.39. The summed E-state index contributed by atoms with van der Waals surface area (Å²) in [5.41, 5.74) is 0.616. The minimum absolute atomic E-state index is 0.0252. The van der Waals surface area contributed by atoms with E-state index in [9.17, 15) is 9.90 Å². The van der Waals surface area contributed by atoms with Gasteiger partial charge in [0.2, 0.25) is 0 Å². The van der Waals surface area contributed by atoms with Crippen LogP contribution in [0.5, 0.6) is 0 Å². The molecule has 2 unspecified atom stereocenters. The van der Waals surface area contributed by atoms with Crippen LogP contribution < -0.4 is 0 Å². The molecule has 1 amide bonds. The van der Waals surface area contributed by atoms with Crippen molar-refractivity contribution in [3.05, 3.63) is 23.7 Å². The maximum atomic E-state index is 12.4.